The standard InChI is InChI=1S/C56H93NO7/c1-6-8-10-12-14-16-18-20-22-24-25-26-27-28-29-31-33-35-37-39-41-43-45-47-55(59)64-52(50-62-49-48-53(56(60)61)57(3,4)5)51-63-54(58)46-44-42-40-38-36-34-32-30-23-21-19-17-15-13-11-9-7-2/h9,11,13,15,17,19,21,23,25-26,28-30,32,34,36,52-53H,6-8,10,12,14,16,18,20,22,24,27,31,33,35,37-51H2,1-5H3/p+1/b11-9+,15-13+,19-17+,23-21+,26-25+,29-28+,32-30+,36-34+. The average molecular weight is 893 g/mol. The summed E-state index contributed by atoms with van der Waals surface area (Å²) >= 11 is 0. The van der Waals surface area contributed by atoms with Gasteiger partial charge in [0.05, 0.1) is 34.4 Å². The number of ether oxygens (including phenoxy) is 3. The van der Waals surface area contributed by atoms with Crippen LogP contribution < -0.4 is 0 Å². The van der Waals surface area contributed by atoms with Crippen molar-refractivity contribution >= 4 is 17.9 Å². The van der Waals surface area contributed by atoms with Gasteiger partial charge >= 0.3 is 17.9 Å². The topological polar surface area (TPSA) is 99.1 Å². The number of esters is 2. The average Bonchev–Trinajstić information content (AvgIpc) is 3.26. The molecule has 0 aliphatic carbocycles. The highest BCUT2D eigenvalue weighted by Gasteiger charge is 2.31. The van der Waals surface area contributed by atoms with Gasteiger partial charge in [-0.2, -0.15) is 0 Å². The van der Waals surface area contributed by atoms with E-state index in [1.807, 2.05) is 81.9 Å². The van der Waals surface area contributed by atoms with Crippen molar-refractivity contribution in [3.63, 3.8) is 0 Å². The van der Waals surface area contributed by atoms with Gasteiger partial charge in [0.1, 0.15) is 6.61 Å². The summed E-state index contributed by atoms with van der Waals surface area (Å²) in [6.07, 6.45) is 61.7. The van der Waals surface area contributed by atoms with Gasteiger partial charge in [-0.05, 0) is 64.2 Å². The van der Waals surface area contributed by atoms with Crippen molar-refractivity contribution in [1.29, 1.82) is 0 Å². The first kappa shape index (κ1) is 60.2. The molecular weight excluding hydrogens is 799 g/mol. The van der Waals surface area contributed by atoms with Crippen molar-refractivity contribution in [2.24, 2.45) is 0 Å². The van der Waals surface area contributed by atoms with Crippen LogP contribution in [0.1, 0.15) is 187 Å². The van der Waals surface area contributed by atoms with Crippen molar-refractivity contribution in [2.75, 3.05) is 41.0 Å². The van der Waals surface area contributed by atoms with Gasteiger partial charge in [-0.25, -0.2) is 4.79 Å². The molecule has 0 aliphatic heterocycles. The first-order valence-corrected chi connectivity index (χ1v) is 25.4. The molecule has 8 nitrogen and oxygen atoms in total. The zero-order valence-corrected chi connectivity index (χ0v) is 41.4. The minimum absolute atomic E-state index is 0.0371. The molecule has 0 heterocycles. The summed E-state index contributed by atoms with van der Waals surface area (Å²) in [6, 6.07) is -0.630. The van der Waals surface area contributed by atoms with Crippen LogP contribution in [0.25, 0.3) is 0 Å². The minimum Gasteiger partial charge on any atom is -0.477 e. The normalized spacial score (nSPS) is 13.7. The third-order valence-corrected chi connectivity index (χ3v) is 10.9. The molecule has 0 aromatic carbocycles. The number of quaternary nitrogens is 1. The molecule has 0 saturated heterocycles. The SMILES string of the molecule is CC/C=C/C=C/C=C/C=C/C=C/C=C/CCCCCC(=O)OCC(COCCC(C(=O)O)[N+](C)(C)C)OC(=O)CCCCCCCCC/C=C/C/C=C/CCCCCCCCCCC. The second-order valence-electron chi connectivity index (χ2n) is 17.8. The second-order valence-corrected chi connectivity index (χ2v) is 17.8. The van der Waals surface area contributed by atoms with E-state index in [4.69, 9.17) is 14.2 Å². The first-order valence-electron chi connectivity index (χ1n) is 25.4. The summed E-state index contributed by atoms with van der Waals surface area (Å²) in [5.74, 6) is -1.54. The van der Waals surface area contributed by atoms with E-state index in [2.05, 4.69) is 50.3 Å². The maximum atomic E-state index is 12.8. The Morgan fingerprint density at radius 3 is 1.44 bits per heavy atom. The van der Waals surface area contributed by atoms with Crippen LogP contribution in [0.4, 0.5) is 0 Å². The minimum atomic E-state index is -0.886. The van der Waals surface area contributed by atoms with Crippen molar-refractivity contribution in [3.05, 3.63) is 97.2 Å². The number of carbonyl (C=O) groups excluding carboxylic acids is 2. The van der Waals surface area contributed by atoms with E-state index in [0.717, 1.165) is 70.6 Å². The molecule has 0 aromatic heterocycles. The van der Waals surface area contributed by atoms with Crippen LogP contribution in [0.3, 0.4) is 0 Å². The molecule has 0 aliphatic rings. The van der Waals surface area contributed by atoms with Crippen LogP contribution in [-0.2, 0) is 28.6 Å². The highest BCUT2D eigenvalue weighted by molar-refractivity contribution is 5.72. The van der Waals surface area contributed by atoms with Crippen molar-refractivity contribution in [1.82, 2.24) is 0 Å². The Hall–Kier alpha value is -3.75. The number of likely N-dealkylation sites (N-methyl/N-ethyl adjacent to an activating group) is 1. The van der Waals surface area contributed by atoms with E-state index in [1.54, 1.807) is 0 Å². The zero-order chi connectivity index (χ0) is 47.0. The number of carboxylic acid groups (broad SMARTS) is 1. The Bertz CT molecular complexity index is 1360. The number of allylic oxidation sites excluding steroid dienone is 16. The lowest BCUT2D eigenvalue weighted by Gasteiger charge is -2.31. The fourth-order valence-electron chi connectivity index (χ4n) is 6.98. The molecule has 2 unspecified atom stereocenters. The molecule has 64 heavy (non-hydrogen) atoms. The number of nitrogens with zero attached hydrogens (tertiary/aromatic N) is 1. The maximum absolute atomic E-state index is 12.8. The maximum Gasteiger partial charge on any atom is 0.362 e. The van der Waals surface area contributed by atoms with Crippen molar-refractivity contribution < 1.29 is 38.2 Å². The Balaban J connectivity index is 4.35. The molecule has 364 valence electrons. The number of carboxylic acids is 1. The lowest BCUT2D eigenvalue weighted by molar-refractivity contribution is -0.887. The molecule has 0 aromatic rings. The highest BCUT2D eigenvalue weighted by atomic mass is 16.6. The number of hydrogen-bond acceptors (Lipinski definition) is 6. The number of carbonyl (C=O) groups is 3. The third-order valence-electron chi connectivity index (χ3n) is 10.9. The van der Waals surface area contributed by atoms with E-state index in [9.17, 15) is 19.5 Å². The second kappa shape index (κ2) is 45.8. The summed E-state index contributed by atoms with van der Waals surface area (Å²) in [5.41, 5.74) is 0. The van der Waals surface area contributed by atoms with Crippen LogP contribution in [0, 0.1) is 0 Å². The first-order chi connectivity index (χ1) is 31.1. The quantitative estimate of drug-likeness (QED) is 0.0214. The Kier molecular flexibility index (Phi) is 43.1. The molecule has 0 saturated carbocycles. The lowest BCUT2D eigenvalue weighted by atomic mass is 10.1. The number of hydrogen-bond donors (Lipinski definition) is 1. The van der Waals surface area contributed by atoms with Gasteiger partial charge in [0, 0.05) is 19.3 Å². The molecule has 0 fully saturated rings. The van der Waals surface area contributed by atoms with Crippen LogP contribution >= 0.6 is 0 Å². The summed E-state index contributed by atoms with van der Waals surface area (Å²) in [5, 5.41) is 9.65. The lowest BCUT2D eigenvalue weighted by Crippen LogP contribution is -2.50. The van der Waals surface area contributed by atoms with Gasteiger partial charge < -0.3 is 23.8 Å². The molecular formula is C56H94NO7+. The van der Waals surface area contributed by atoms with E-state index < -0.39 is 18.1 Å². The van der Waals surface area contributed by atoms with Gasteiger partial charge in [-0.3, -0.25) is 9.59 Å². The van der Waals surface area contributed by atoms with E-state index in [-0.39, 0.29) is 36.2 Å². The van der Waals surface area contributed by atoms with Gasteiger partial charge in [0.2, 0.25) is 0 Å². The highest BCUT2D eigenvalue weighted by Crippen LogP contribution is 2.14. The number of unbranched alkanes of at least 4 members (excludes halogenated alkanes) is 19. The van der Waals surface area contributed by atoms with Gasteiger partial charge in [0.15, 0.2) is 12.1 Å². The van der Waals surface area contributed by atoms with Crippen molar-refractivity contribution in [3.8, 4) is 0 Å². The molecule has 1 N–H and O–H groups in total. The number of aliphatic carboxylic acids is 1. The smallest absolute Gasteiger partial charge is 0.362 e. The van der Waals surface area contributed by atoms with Gasteiger partial charge in [-0.1, -0.05) is 201 Å². The molecule has 2 atom stereocenters. The predicted octanol–water partition coefficient (Wildman–Crippen LogP) is 14.6. The molecule has 0 rings (SSSR count). The van der Waals surface area contributed by atoms with Crippen molar-refractivity contribution in [2.45, 2.75) is 199 Å². The van der Waals surface area contributed by atoms with Crippen LogP contribution in [0.15, 0.2) is 97.2 Å². The Morgan fingerprint density at radius 1 is 0.500 bits per heavy atom. The monoisotopic (exact) mass is 893 g/mol. The zero-order valence-electron chi connectivity index (χ0n) is 41.4. The predicted molar refractivity (Wildman–Crippen MR) is 270 cm³/mol. The van der Waals surface area contributed by atoms with Gasteiger partial charge in [0.25, 0.3) is 0 Å². The van der Waals surface area contributed by atoms with Crippen LogP contribution in [-0.4, -0.2) is 80.6 Å². The molecule has 0 spiro atoms. The molecule has 0 bridgehead atoms. The Morgan fingerprint density at radius 2 is 0.938 bits per heavy atom. The molecule has 0 amide bonds. The largest absolute Gasteiger partial charge is 0.477 e. The van der Waals surface area contributed by atoms with E-state index >= 15 is 0 Å². The fourth-order valence-corrected chi connectivity index (χ4v) is 6.98. The van der Waals surface area contributed by atoms with Crippen LogP contribution in [0.5, 0.6) is 0 Å². The summed E-state index contributed by atoms with van der Waals surface area (Å²) in [7, 11) is 5.51. The van der Waals surface area contributed by atoms with Gasteiger partial charge in [-0.15, -0.1) is 0 Å². The fraction of sp³-hybridized carbons (Fsp3) is 0.661. The third kappa shape index (κ3) is 43.5. The van der Waals surface area contributed by atoms with E-state index in [0.29, 0.717) is 19.3 Å². The summed E-state index contributed by atoms with van der Waals surface area (Å²) < 4.78 is 17.3. The number of rotatable bonds is 44. The summed E-state index contributed by atoms with van der Waals surface area (Å²) in [6.45, 7) is 4.53. The molecule has 0 radical (unpaired) electrons. The summed E-state index contributed by atoms with van der Waals surface area (Å²) in [4.78, 5) is 37.1. The Labute approximate surface area is 392 Å². The van der Waals surface area contributed by atoms with Crippen LogP contribution in [0.2, 0.25) is 0 Å². The molecule has 8 heteroatoms. The van der Waals surface area contributed by atoms with E-state index in [1.165, 1.54) is 83.5 Å².